The number of rotatable bonds is 6. The molecular formula is C18H17N5O2. The van der Waals surface area contributed by atoms with Crippen molar-refractivity contribution in [2.45, 2.75) is 13.0 Å². The normalized spacial score (nSPS) is 10.6. The van der Waals surface area contributed by atoms with Gasteiger partial charge in [-0.1, -0.05) is 30.3 Å². The molecule has 1 aromatic heterocycles. The Bertz CT molecular complexity index is 915. The second-order valence-corrected chi connectivity index (χ2v) is 5.69. The maximum atomic E-state index is 10.7. The van der Waals surface area contributed by atoms with Gasteiger partial charge in [0, 0.05) is 43.1 Å². The summed E-state index contributed by atoms with van der Waals surface area (Å²) in [4.78, 5) is 14.7. The molecule has 126 valence electrons. The third-order valence-corrected chi connectivity index (χ3v) is 3.90. The smallest absolute Gasteiger partial charge is 0.269 e. The van der Waals surface area contributed by atoms with Crippen molar-refractivity contribution < 1.29 is 4.92 Å². The molecule has 0 radical (unpaired) electrons. The van der Waals surface area contributed by atoms with Crippen molar-refractivity contribution in [2.75, 3.05) is 0 Å². The number of benzene rings is 2. The van der Waals surface area contributed by atoms with Crippen molar-refractivity contribution in [3.8, 4) is 0 Å². The molecule has 3 aromatic rings. The standard InChI is InChI=1S/C18H17N5O2/c19-18(20)15-3-1-2-14(10-15)12-22-9-8-21-17(22)11-13-4-6-16(7-5-13)23(24)25/h1-10H,11-12H2,(H3,19,20). The lowest BCUT2D eigenvalue weighted by molar-refractivity contribution is -0.384. The Hall–Kier alpha value is -3.48. The largest absolute Gasteiger partial charge is 0.384 e. The number of amidine groups is 1. The van der Waals surface area contributed by atoms with Gasteiger partial charge in [0.15, 0.2) is 0 Å². The molecule has 7 heteroatoms. The van der Waals surface area contributed by atoms with E-state index in [4.69, 9.17) is 11.1 Å². The number of nitrogens with two attached hydrogens (primary N) is 1. The van der Waals surface area contributed by atoms with Gasteiger partial charge in [0.1, 0.15) is 11.7 Å². The molecule has 3 N–H and O–H groups in total. The predicted octanol–water partition coefficient (Wildman–Crippen LogP) is 2.71. The second-order valence-electron chi connectivity index (χ2n) is 5.69. The molecule has 1 heterocycles. The number of imidazole rings is 1. The van der Waals surface area contributed by atoms with Gasteiger partial charge in [-0.25, -0.2) is 4.98 Å². The maximum absolute atomic E-state index is 10.7. The van der Waals surface area contributed by atoms with Crippen LogP contribution < -0.4 is 5.73 Å². The van der Waals surface area contributed by atoms with E-state index < -0.39 is 4.92 Å². The lowest BCUT2D eigenvalue weighted by atomic mass is 10.1. The highest BCUT2D eigenvalue weighted by molar-refractivity contribution is 5.95. The monoisotopic (exact) mass is 335 g/mol. The van der Waals surface area contributed by atoms with Crippen LogP contribution >= 0.6 is 0 Å². The number of nitro groups is 1. The van der Waals surface area contributed by atoms with Crippen LogP contribution in [0.2, 0.25) is 0 Å². The van der Waals surface area contributed by atoms with Crippen LogP contribution in [0.3, 0.4) is 0 Å². The van der Waals surface area contributed by atoms with E-state index in [0.29, 0.717) is 18.5 Å². The molecule has 0 saturated heterocycles. The number of aromatic nitrogens is 2. The molecule has 25 heavy (non-hydrogen) atoms. The van der Waals surface area contributed by atoms with Crippen LogP contribution in [0.15, 0.2) is 60.9 Å². The van der Waals surface area contributed by atoms with E-state index >= 15 is 0 Å². The molecule has 0 saturated carbocycles. The summed E-state index contributed by atoms with van der Waals surface area (Å²) in [7, 11) is 0. The van der Waals surface area contributed by atoms with Gasteiger partial charge in [-0.3, -0.25) is 15.5 Å². The molecule has 0 unspecified atom stereocenters. The van der Waals surface area contributed by atoms with Gasteiger partial charge in [-0.15, -0.1) is 0 Å². The topological polar surface area (TPSA) is 111 Å². The number of non-ortho nitro benzene ring substituents is 1. The highest BCUT2D eigenvalue weighted by Gasteiger charge is 2.08. The minimum absolute atomic E-state index is 0.0404. The van der Waals surface area contributed by atoms with E-state index in [1.54, 1.807) is 24.4 Å². The van der Waals surface area contributed by atoms with Gasteiger partial charge >= 0.3 is 0 Å². The molecular weight excluding hydrogens is 318 g/mol. The number of nitrogen functional groups attached to an aromatic ring is 1. The van der Waals surface area contributed by atoms with Crippen LogP contribution in [0.1, 0.15) is 22.5 Å². The minimum atomic E-state index is -0.410. The van der Waals surface area contributed by atoms with Crippen LogP contribution in [0.4, 0.5) is 5.69 Å². The van der Waals surface area contributed by atoms with E-state index in [1.165, 1.54) is 12.1 Å². The summed E-state index contributed by atoms with van der Waals surface area (Å²) < 4.78 is 2.01. The molecule has 7 nitrogen and oxygen atoms in total. The lowest BCUT2D eigenvalue weighted by Gasteiger charge is -2.09. The SMILES string of the molecule is N=C(N)c1cccc(Cn2ccnc2Cc2ccc([N+](=O)[O-])cc2)c1. The molecule has 0 fully saturated rings. The Kier molecular flexibility index (Phi) is 4.56. The highest BCUT2D eigenvalue weighted by atomic mass is 16.6. The summed E-state index contributed by atoms with van der Waals surface area (Å²) in [6, 6.07) is 14.0. The third-order valence-electron chi connectivity index (χ3n) is 3.90. The average molecular weight is 335 g/mol. The second kappa shape index (κ2) is 6.96. The average Bonchev–Trinajstić information content (AvgIpc) is 3.02. The number of nitrogens with one attached hydrogen (secondary N) is 1. The maximum Gasteiger partial charge on any atom is 0.269 e. The summed E-state index contributed by atoms with van der Waals surface area (Å²) in [6.45, 7) is 0.615. The van der Waals surface area contributed by atoms with Crippen molar-refractivity contribution in [3.05, 3.63) is 93.6 Å². The minimum Gasteiger partial charge on any atom is -0.384 e. The van der Waals surface area contributed by atoms with Gasteiger partial charge in [-0.2, -0.15) is 0 Å². The van der Waals surface area contributed by atoms with E-state index in [-0.39, 0.29) is 11.5 Å². The highest BCUT2D eigenvalue weighted by Crippen LogP contribution is 2.15. The first-order valence-corrected chi connectivity index (χ1v) is 7.69. The molecule has 0 amide bonds. The van der Waals surface area contributed by atoms with E-state index in [9.17, 15) is 10.1 Å². The van der Waals surface area contributed by atoms with Gasteiger partial charge in [0.25, 0.3) is 5.69 Å². The zero-order chi connectivity index (χ0) is 17.8. The molecule has 0 atom stereocenters. The van der Waals surface area contributed by atoms with Crippen LogP contribution in [-0.2, 0) is 13.0 Å². The molecule has 0 aliphatic rings. The molecule has 2 aromatic carbocycles. The van der Waals surface area contributed by atoms with Crippen molar-refractivity contribution >= 4 is 11.5 Å². The van der Waals surface area contributed by atoms with Crippen LogP contribution in [-0.4, -0.2) is 20.3 Å². The summed E-state index contributed by atoms with van der Waals surface area (Å²) in [5.74, 6) is 0.903. The molecule has 0 spiro atoms. The zero-order valence-electron chi connectivity index (χ0n) is 13.4. The van der Waals surface area contributed by atoms with Crippen molar-refractivity contribution in [2.24, 2.45) is 5.73 Å². The summed E-state index contributed by atoms with van der Waals surface area (Å²) in [5.41, 5.74) is 8.28. The summed E-state index contributed by atoms with van der Waals surface area (Å²) in [6.07, 6.45) is 4.20. The Labute approximate surface area is 144 Å². The Morgan fingerprint density at radius 3 is 2.64 bits per heavy atom. The summed E-state index contributed by atoms with van der Waals surface area (Å²) >= 11 is 0. The Morgan fingerprint density at radius 2 is 1.96 bits per heavy atom. The lowest BCUT2D eigenvalue weighted by Crippen LogP contribution is -2.12. The van der Waals surface area contributed by atoms with Crippen LogP contribution in [0.25, 0.3) is 0 Å². The fraction of sp³-hybridized carbons (Fsp3) is 0.111. The Balaban J connectivity index is 1.77. The summed E-state index contributed by atoms with van der Waals surface area (Å²) in [5, 5.41) is 18.3. The number of hydrogen-bond donors (Lipinski definition) is 2. The molecule has 0 aliphatic heterocycles. The van der Waals surface area contributed by atoms with Crippen molar-refractivity contribution in [3.63, 3.8) is 0 Å². The van der Waals surface area contributed by atoms with Crippen LogP contribution in [0.5, 0.6) is 0 Å². The fourth-order valence-electron chi connectivity index (χ4n) is 2.60. The van der Waals surface area contributed by atoms with Crippen molar-refractivity contribution in [1.29, 1.82) is 5.41 Å². The number of nitrogens with zero attached hydrogens (tertiary/aromatic N) is 3. The van der Waals surface area contributed by atoms with E-state index in [1.807, 2.05) is 29.0 Å². The zero-order valence-corrected chi connectivity index (χ0v) is 13.4. The Morgan fingerprint density at radius 1 is 1.20 bits per heavy atom. The first-order chi connectivity index (χ1) is 12.0. The quantitative estimate of drug-likeness (QED) is 0.312. The predicted molar refractivity (Wildman–Crippen MR) is 94.7 cm³/mol. The fourth-order valence-corrected chi connectivity index (χ4v) is 2.60. The van der Waals surface area contributed by atoms with Crippen LogP contribution in [0, 0.1) is 15.5 Å². The molecule has 3 rings (SSSR count). The van der Waals surface area contributed by atoms with Gasteiger partial charge in [-0.05, 0) is 17.2 Å². The first-order valence-electron chi connectivity index (χ1n) is 7.69. The molecule has 0 bridgehead atoms. The van der Waals surface area contributed by atoms with Gasteiger partial charge in [0.05, 0.1) is 4.92 Å². The number of hydrogen-bond acceptors (Lipinski definition) is 4. The van der Waals surface area contributed by atoms with E-state index in [0.717, 1.165) is 17.0 Å². The molecule has 0 aliphatic carbocycles. The van der Waals surface area contributed by atoms with E-state index in [2.05, 4.69) is 4.98 Å². The third kappa shape index (κ3) is 3.89. The first kappa shape index (κ1) is 16.4. The number of nitro benzene ring substituents is 1. The van der Waals surface area contributed by atoms with Gasteiger partial charge < -0.3 is 10.3 Å². The van der Waals surface area contributed by atoms with Gasteiger partial charge in [0.2, 0.25) is 0 Å². The van der Waals surface area contributed by atoms with Crippen molar-refractivity contribution in [1.82, 2.24) is 9.55 Å².